The number of aliphatic hydroxyl groups excluding tert-OH is 1. The normalized spacial score (nSPS) is 34.4. The van der Waals surface area contributed by atoms with E-state index in [-0.39, 0.29) is 16.3 Å². The van der Waals surface area contributed by atoms with E-state index in [1.807, 2.05) is 43.0 Å². The van der Waals surface area contributed by atoms with E-state index in [4.69, 9.17) is 0 Å². The van der Waals surface area contributed by atoms with Gasteiger partial charge >= 0.3 is 0 Å². The molecule has 0 unspecified atom stereocenters. The fraction of sp³-hybridized carbons (Fsp3) is 0.429. The van der Waals surface area contributed by atoms with Crippen molar-refractivity contribution < 1.29 is 5.11 Å². The number of aliphatic hydroxyl groups is 1. The Labute approximate surface area is 102 Å². The fourth-order valence-electron chi connectivity index (χ4n) is 2.20. The topological polar surface area (TPSA) is 20.2 Å². The SMILES string of the molecule is C=C[C@@]1(Sc2ccccc2)C[C@@]1(C)[C@H](C)O. The molecule has 0 aliphatic heterocycles. The Morgan fingerprint density at radius 1 is 1.44 bits per heavy atom. The van der Waals surface area contributed by atoms with Crippen LogP contribution in [0.3, 0.4) is 0 Å². The molecule has 1 N–H and O–H groups in total. The molecule has 0 heterocycles. The van der Waals surface area contributed by atoms with Crippen LogP contribution in [-0.2, 0) is 0 Å². The van der Waals surface area contributed by atoms with Gasteiger partial charge in [-0.1, -0.05) is 31.2 Å². The summed E-state index contributed by atoms with van der Waals surface area (Å²) in [5, 5.41) is 9.84. The van der Waals surface area contributed by atoms with E-state index in [0.717, 1.165) is 6.42 Å². The summed E-state index contributed by atoms with van der Waals surface area (Å²) in [5.74, 6) is 0. The van der Waals surface area contributed by atoms with Crippen molar-refractivity contribution in [1.29, 1.82) is 0 Å². The molecule has 16 heavy (non-hydrogen) atoms. The van der Waals surface area contributed by atoms with E-state index in [9.17, 15) is 5.11 Å². The minimum absolute atomic E-state index is 0.00250. The van der Waals surface area contributed by atoms with E-state index in [2.05, 4.69) is 25.6 Å². The molecule has 2 heteroatoms. The van der Waals surface area contributed by atoms with Crippen molar-refractivity contribution >= 4 is 11.8 Å². The standard InChI is InChI=1S/C14H18OS/c1-4-14(10-13(14,3)11(2)15)16-12-8-6-5-7-9-12/h4-9,11,15H,1,10H2,2-3H3/t11-,13-,14+/m0/s1. The number of hydrogen-bond donors (Lipinski definition) is 1. The summed E-state index contributed by atoms with van der Waals surface area (Å²) in [6.45, 7) is 7.94. The van der Waals surface area contributed by atoms with E-state index in [0.29, 0.717) is 0 Å². The zero-order valence-corrected chi connectivity index (χ0v) is 10.6. The second kappa shape index (κ2) is 3.94. The Hall–Kier alpha value is -0.730. The van der Waals surface area contributed by atoms with Crippen LogP contribution in [0, 0.1) is 5.41 Å². The highest BCUT2D eigenvalue weighted by atomic mass is 32.2. The molecule has 0 aromatic heterocycles. The lowest BCUT2D eigenvalue weighted by molar-refractivity contribution is 0.118. The van der Waals surface area contributed by atoms with Crippen molar-refractivity contribution in [2.45, 2.75) is 36.0 Å². The monoisotopic (exact) mass is 234 g/mol. The first-order valence-electron chi connectivity index (χ1n) is 5.60. The highest BCUT2D eigenvalue weighted by molar-refractivity contribution is 8.01. The highest BCUT2D eigenvalue weighted by Crippen LogP contribution is 2.68. The lowest BCUT2D eigenvalue weighted by Crippen LogP contribution is -2.23. The van der Waals surface area contributed by atoms with Crippen LogP contribution in [0.2, 0.25) is 0 Å². The van der Waals surface area contributed by atoms with Gasteiger partial charge in [-0.3, -0.25) is 0 Å². The third-order valence-electron chi connectivity index (χ3n) is 3.77. The van der Waals surface area contributed by atoms with Crippen molar-refractivity contribution in [3.05, 3.63) is 43.0 Å². The van der Waals surface area contributed by atoms with Crippen molar-refractivity contribution in [3.8, 4) is 0 Å². The first kappa shape index (κ1) is 11.7. The number of rotatable bonds is 4. The van der Waals surface area contributed by atoms with Gasteiger partial charge in [0.2, 0.25) is 0 Å². The Morgan fingerprint density at radius 2 is 2.06 bits per heavy atom. The minimum Gasteiger partial charge on any atom is -0.393 e. The maximum Gasteiger partial charge on any atom is 0.0582 e. The third kappa shape index (κ3) is 1.70. The first-order chi connectivity index (χ1) is 7.54. The molecule has 86 valence electrons. The lowest BCUT2D eigenvalue weighted by atomic mass is 10.00. The second-order valence-electron chi connectivity index (χ2n) is 4.78. The molecule has 0 amide bonds. The molecule has 1 saturated carbocycles. The van der Waals surface area contributed by atoms with Crippen LogP contribution in [0.1, 0.15) is 20.3 Å². The molecule has 2 rings (SSSR count). The van der Waals surface area contributed by atoms with Crippen LogP contribution < -0.4 is 0 Å². The van der Waals surface area contributed by atoms with Gasteiger partial charge in [0.25, 0.3) is 0 Å². The van der Waals surface area contributed by atoms with Crippen molar-refractivity contribution in [2.75, 3.05) is 0 Å². The largest absolute Gasteiger partial charge is 0.393 e. The van der Waals surface area contributed by atoms with Crippen LogP contribution in [0.5, 0.6) is 0 Å². The smallest absolute Gasteiger partial charge is 0.0582 e. The van der Waals surface area contributed by atoms with Gasteiger partial charge in [-0.2, -0.15) is 0 Å². The van der Waals surface area contributed by atoms with Crippen LogP contribution >= 0.6 is 11.8 Å². The molecule has 1 aliphatic carbocycles. The molecule has 3 atom stereocenters. The van der Waals surface area contributed by atoms with Gasteiger partial charge in [-0.05, 0) is 25.5 Å². The Balaban J connectivity index is 2.18. The maximum absolute atomic E-state index is 9.84. The van der Waals surface area contributed by atoms with Gasteiger partial charge in [-0.25, -0.2) is 0 Å². The quantitative estimate of drug-likeness (QED) is 0.805. The summed E-state index contributed by atoms with van der Waals surface area (Å²) in [6.07, 6.45) is 2.71. The van der Waals surface area contributed by atoms with Crippen LogP contribution in [0.4, 0.5) is 0 Å². The molecule has 0 radical (unpaired) electrons. The second-order valence-corrected chi connectivity index (χ2v) is 6.18. The Morgan fingerprint density at radius 3 is 2.50 bits per heavy atom. The number of thioether (sulfide) groups is 1. The number of hydrogen-bond acceptors (Lipinski definition) is 2. The first-order valence-corrected chi connectivity index (χ1v) is 6.41. The summed E-state index contributed by atoms with van der Waals surface area (Å²) in [5.41, 5.74) is -0.0325. The van der Waals surface area contributed by atoms with Gasteiger partial charge in [0.05, 0.1) is 6.10 Å². The maximum atomic E-state index is 9.84. The van der Waals surface area contributed by atoms with Gasteiger partial charge in [0.1, 0.15) is 0 Å². The fourth-order valence-corrected chi connectivity index (χ4v) is 3.77. The third-order valence-corrected chi connectivity index (χ3v) is 5.42. The van der Waals surface area contributed by atoms with E-state index in [1.54, 1.807) is 0 Å². The molecular formula is C14H18OS. The molecule has 0 saturated heterocycles. The summed E-state index contributed by atoms with van der Waals surface area (Å²) in [4.78, 5) is 1.24. The molecule has 0 bridgehead atoms. The summed E-state index contributed by atoms with van der Waals surface area (Å²) in [7, 11) is 0. The summed E-state index contributed by atoms with van der Waals surface area (Å²) >= 11 is 1.81. The van der Waals surface area contributed by atoms with Crippen LogP contribution in [-0.4, -0.2) is 16.0 Å². The van der Waals surface area contributed by atoms with Gasteiger partial charge in [0.15, 0.2) is 0 Å². The average Bonchev–Trinajstić information content (AvgIpc) is 2.88. The summed E-state index contributed by atoms with van der Waals surface area (Å²) in [6, 6.07) is 10.3. The zero-order chi connectivity index (χ0) is 11.8. The van der Waals surface area contributed by atoms with Crippen molar-refractivity contribution in [2.24, 2.45) is 5.41 Å². The lowest BCUT2D eigenvalue weighted by Gasteiger charge is -2.21. The Bertz CT molecular complexity index is 387. The van der Waals surface area contributed by atoms with Crippen molar-refractivity contribution in [1.82, 2.24) is 0 Å². The molecule has 1 aromatic carbocycles. The molecule has 1 nitrogen and oxygen atoms in total. The van der Waals surface area contributed by atoms with Gasteiger partial charge in [0, 0.05) is 15.1 Å². The molecular weight excluding hydrogens is 216 g/mol. The zero-order valence-electron chi connectivity index (χ0n) is 9.81. The van der Waals surface area contributed by atoms with Gasteiger partial charge < -0.3 is 5.11 Å². The Kier molecular flexibility index (Phi) is 2.89. The van der Waals surface area contributed by atoms with Crippen molar-refractivity contribution in [3.63, 3.8) is 0 Å². The highest BCUT2D eigenvalue weighted by Gasteiger charge is 2.65. The van der Waals surface area contributed by atoms with E-state index >= 15 is 0 Å². The van der Waals surface area contributed by atoms with Crippen LogP contribution in [0.15, 0.2) is 47.9 Å². The summed E-state index contributed by atoms with van der Waals surface area (Å²) < 4.78 is 0.00250. The molecule has 1 fully saturated rings. The number of benzene rings is 1. The van der Waals surface area contributed by atoms with E-state index < -0.39 is 0 Å². The molecule has 1 aliphatic rings. The van der Waals surface area contributed by atoms with E-state index in [1.165, 1.54) is 4.90 Å². The van der Waals surface area contributed by atoms with Gasteiger partial charge in [-0.15, -0.1) is 18.3 Å². The molecule has 0 spiro atoms. The average molecular weight is 234 g/mol. The van der Waals surface area contributed by atoms with Crippen LogP contribution in [0.25, 0.3) is 0 Å². The minimum atomic E-state index is -0.290. The molecule has 1 aromatic rings. The predicted molar refractivity (Wildman–Crippen MR) is 69.6 cm³/mol. The predicted octanol–water partition coefficient (Wildman–Crippen LogP) is 3.49.